The molecule has 0 saturated carbocycles. The minimum Gasteiger partial charge on any atom is -0.330 e. The molecule has 0 amide bonds. The third kappa shape index (κ3) is 18.1. The average molecular weight is 328 g/mol. The molecule has 0 saturated heterocycles. The van der Waals surface area contributed by atoms with Gasteiger partial charge in [-0.25, -0.2) is 0 Å². The van der Waals surface area contributed by atoms with Gasteiger partial charge >= 0.3 is 0 Å². The second-order valence-electron chi connectivity index (χ2n) is 7.19. The summed E-state index contributed by atoms with van der Waals surface area (Å²) in [4.78, 5) is 0. The van der Waals surface area contributed by atoms with Crippen LogP contribution in [0.25, 0.3) is 0 Å². The molecule has 0 heterocycles. The number of nitrogens with two attached hydrogens (primary N) is 3. The van der Waals surface area contributed by atoms with E-state index in [4.69, 9.17) is 17.2 Å². The van der Waals surface area contributed by atoms with E-state index in [1.165, 1.54) is 103 Å². The van der Waals surface area contributed by atoms with E-state index in [2.05, 4.69) is 0 Å². The summed E-state index contributed by atoms with van der Waals surface area (Å²) >= 11 is 0. The van der Waals surface area contributed by atoms with Crippen molar-refractivity contribution in [3.8, 4) is 0 Å². The summed E-state index contributed by atoms with van der Waals surface area (Å²) in [5, 5.41) is 0. The van der Waals surface area contributed by atoms with Crippen LogP contribution in [-0.4, -0.2) is 19.6 Å². The van der Waals surface area contributed by atoms with Gasteiger partial charge in [0.05, 0.1) is 0 Å². The SMILES string of the molecule is NCCCCCCCCCCCCCC(CCCN)CCCN. The Morgan fingerprint density at radius 2 is 0.652 bits per heavy atom. The molecule has 0 aliphatic carbocycles. The lowest BCUT2D eigenvalue weighted by atomic mass is 9.91. The fourth-order valence-corrected chi connectivity index (χ4v) is 3.41. The van der Waals surface area contributed by atoms with Crippen molar-refractivity contribution < 1.29 is 0 Å². The molecular formula is C20H45N3. The van der Waals surface area contributed by atoms with Crippen molar-refractivity contribution in [2.75, 3.05) is 19.6 Å². The van der Waals surface area contributed by atoms with Gasteiger partial charge in [0.1, 0.15) is 0 Å². The van der Waals surface area contributed by atoms with Crippen molar-refractivity contribution in [2.45, 2.75) is 103 Å². The van der Waals surface area contributed by atoms with Gasteiger partial charge in [-0.1, -0.05) is 70.6 Å². The second-order valence-corrected chi connectivity index (χ2v) is 7.19. The van der Waals surface area contributed by atoms with E-state index >= 15 is 0 Å². The number of hydrogen-bond acceptors (Lipinski definition) is 3. The minimum absolute atomic E-state index is 0.839. The summed E-state index contributed by atoms with van der Waals surface area (Å²) in [5.74, 6) is 0.871. The van der Waals surface area contributed by atoms with Gasteiger partial charge in [-0.15, -0.1) is 0 Å². The van der Waals surface area contributed by atoms with Crippen LogP contribution in [-0.2, 0) is 0 Å². The van der Waals surface area contributed by atoms with Gasteiger partial charge in [-0.2, -0.15) is 0 Å². The van der Waals surface area contributed by atoms with Crippen LogP contribution >= 0.6 is 0 Å². The third-order valence-electron chi connectivity index (χ3n) is 4.95. The topological polar surface area (TPSA) is 78.1 Å². The Labute approximate surface area is 146 Å². The Hall–Kier alpha value is -0.120. The van der Waals surface area contributed by atoms with Crippen LogP contribution in [0.2, 0.25) is 0 Å². The molecule has 0 aromatic rings. The van der Waals surface area contributed by atoms with Gasteiger partial charge in [-0.05, 0) is 57.7 Å². The number of rotatable bonds is 19. The highest BCUT2D eigenvalue weighted by Crippen LogP contribution is 2.21. The quantitative estimate of drug-likeness (QED) is 0.300. The van der Waals surface area contributed by atoms with Crippen LogP contribution in [0.15, 0.2) is 0 Å². The zero-order valence-electron chi connectivity index (χ0n) is 15.7. The first-order chi connectivity index (χ1) is 11.3. The van der Waals surface area contributed by atoms with Gasteiger partial charge in [-0.3, -0.25) is 0 Å². The Balaban J connectivity index is 3.31. The maximum atomic E-state index is 5.64. The fraction of sp³-hybridized carbons (Fsp3) is 1.00. The Bertz CT molecular complexity index is 201. The van der Waals surface area contributed by atoms with Crippen LogP contribution < -0.4 is 17.2 Å². The summed E-state index contributed by atoms with van der Waals surface area (Å²) in [6.07, 6.45) is 21.6. The molecule has 0 aliphatic rings. The molecule has 3 nitrogen and oxygen atoms in total. The van der Waals surface area contributed by atoms with Crippen molar-refractivity contribution >= 4 is 0 Å². The maximum Gasteiger partial charge on any atom is -0.00772 e. The van der Waals surface area contributed by atoms with Gasteiger partial charge < -0.3 is 17.2 Å². The van der Waals surface area contributed by atoms with E-state index in [0.29, 0.717) is 0 Å². The molecule has 140 valence electrons. The Morgan fingerprint density at radius 1 is 0.348 bits per heavy atom. The second kappa shape index (κ2) is 19.9. The van der Waals surface area contributed by atoms with Crippen molar-refractivity contribution in [3.63, 3.8) is 0 Å². The van der Waals surface area contributed by atoms with Gasteiger partial charge in [0.15, 0.2) is 0 Å². The van der Waals surface area contributed by atoms with E-state index in [-0.39, 0.29) is 0 Å². The van der Waals surface area contributed by atoms with Crippen molar-refractivity contribution in [1.82, 2.24) is 0 Å². The summed E-state index contributed by atoms with van der Waals surface area (Å²) in [6.45, 7) is 2.54. The van der Waals surface area contributed by atoms with Crippen LogP contribution in [0.1, 0.15) is 103 Å². The molecule has 23 heavy (non-hydrogen) atoms. The largest absolute Gasteiger partial charge is 0.330 e. The van der Waals surface area contributed by atoms with Crippen LogP contribution in [0.4, 0.5) is 0 Å². The summed E-state index contributed by atoms with van der Waals surface area (Å²) in [7, 11) is 0. The monoisotopic (exact) mass is 327 g/mol. The van der Waals surface area contributed by atoms with Crippen LogP contribution in [0, 0.1) is 5.92 Å². The molecule has 0 spiro atoms. The first-order valence-electron chi connectivity index (χ1n) is 10.4. The highest BCUT2D eigenvalue weighted by Gasteiger charge is 2.07. The van der Waals surface area contributed by atoms with E-state index in [9.17, 15) is 0 Å². The standard InChI is InChI=1S/C20H45N3/c21-17-11-9-7-5-3-1-2-4-6-8-10-14-20(15-12-18-22)16-13-19-23/h20H,1-19,21-23H2. The predicted molar refractivity (Wildman–Crippen MR) is 105 cm³/mol. The molecule has 0 fully saturated rings. The maximum absolute atomic E-state index is 5.64. The highest BCUT2D eigenvalue weighted by atomic mass is 14.5. The third-order valence-corrected chi connectivity index (χ3v) is 4.95. The summed E-state index contributed by atoms with van der Waals surface area (Å²) < 4.78 is 0. The molecule has 0 unspecified atom stereocenters. The molecule has 3 heteroatoms. The normalized spacial score (nSPS) is 11.5. The molecule has 0 aromatic heterocycles. The van der Waals surface area contributed by atoms with Gasteiger partial charge in [0.2, 0.25) is 0 Å². The van der Waals surface area contributed by atoms with Crippen molar-refractivity contribution in [2.24, 2.45) is 23.1 Å². The van der Waals surface area contributed by atoms with Crippen molar-refractivity contribution in [1.29, 1.82) is 0 Å². The first-order valence-corrected chi connectivity index (χ1v) is 10.4. The minimum atomic E-state index is 0.839. The average Bonchev–Trinajstić information content (AvgIpc) is 2.57. The lowest BCUT2D eigenvalue weighted by Gasteiger charge is -2.16. The highest BCUT2D eigenvalue weighted by molar-refractivity contribution is 4.61. The first kappa shape index (κ1) is 22.9. The Kier molecular flexibility index (Phi) is 19.8. The molecule has 6 N–H and O–H groups in total. The lowest BCUT2D eigenvalue weighted by Crippen LogP contribution is -2.08. The molecule has 0 rings (SSSR count). The molecule has 0 aliphatic heterocycles. The zero-order chi connectivity index (χ0) is 17.0. The molecule has 0 bridgehead atoms. The predicted octanol–water partition coefficient (Wildman–Crippen LogP) is 4.72. The zero-order valence-corrected chi connectivity index (χ0v) is 15.7. The molecular weight excluding hydrogens is 282 g/mol. The molecule has 0 atom stereocenters. The Morgan fingerprint density at radius 3 is 1.04 bits per heavy atom. The lowest BCUT2D eigenvalue weighted by molar-refractivity contribution is 0.383. The summed E-state index contributed by atoms with van der Waals surface area (Å²) in [5.41, 5.74) is 16.8. The summed E-state index contributed by atoms with van der Waals surface area (Å²) in [6, 6.07) is 0. The van der Waals surface area contributed by atoms with Crippen LogP contribution in [0.5, 0.6) is 0 Å². The van der Waals surface area contributed by atoms with Crippen molar-refractivity contribution in [3.05, 3.63) is 0 Å². The number of unbranched alkanes of at least 4 members (excludes halogenated alkanes) is 10. The fourth-order valence-electron chi connectivity index (χ4n) is 3.41. The number of hydrogen-bond donors (Lipinski definition) is 3. The van der Waals surface area contributed by atoms with Gasteiger partial charge in [0.25, 0.3) is 0 Å². The van der Waals surface area contributed by atoms with E-state index < -0.39 is 0 Å². The van der Waals surface area contributed by atoms with E-state index in [0.717, 1.165) is 25.6 Å². The molecule has 0 radical (unpaired) electrons. The van der Waals surface area contributed by atoms with Gasteiger partial charge in [0, 0.05) is 0 Å². The van der Waals surface area contributed by atoms with E-state index in [1.54, 1.807) is 0 Å². The smallest absolute Gasteiger partial charge is 0.00772 e. The van der Waals surface area contributed by atoms with E-state index in [1.807, 2.05) is 0 Å². The van der Waals surface area contributed by atoms with Crippen LogP contribution in [0.3, 0.4) is 0 Å². The molecule has 0 aromatic carbocycles.